The van der Waals surface area contributed by atoms with Crippen molar-refractivity contribution in [1.29, 1.82) is 0 Å². The summed E-state index contributed by atoms with van der Waals surface area (Å²) in [7, 11) is 0. The van der Waals surface area contributed by atoms with Gasteiger partial charge in [-0.15, -0.1) is 0 Å². The molecule has 2 fully saturated rings. The van der Waals surface area contributed by atoms with Gasteiger partial charge in [-0.2, -0.15) is 0 Å². The predicted octanol–water partition coefficient (Wildman–Crippen LogP) is 2.21. The zero-order chi connectivity index (χ0) is 15.4. The maximum atomic E-state index is 12.5. The van der Waals surface area contributed by atoms with Crippen LogP contribution in [0.3, 0.4) is 0 Å². The lowest BCUT2D eigenvalue weighted by molar-refractivity contribution is -0.149. The Bertz CT molecular complexity index is 530. The van der Waals surface area contributed by atoms with Crippen molar-refractivity contribution < 1.29 is 14.3 Å². The number of morpholine rings is 1. The standard InChI is InChI=1S/C17H22N2O3/c20-15(13-4-3-9-18-12-13)7-8-17(21)19-10-11-22-16-6-2-1-5-14(16)19/h3-4,9,12,14,16H,1-2,5-8,10-11H2. The molecular weight excluding hydrogens is 280 g/mol. The van der Waals surface area contributed by atoms with Crippen molar-refractivity contribution in [2.75, 3.05) is 13.2 Å². The Kier molecular flexibility index (Phi) is 4.83. The van der Waals surface area contributed by atoms with Crippen LogP contribution in [0.15, 0.2) is 24.5 Å². The maximum absolute atomic E-state index is 12.5. The second-order valence-electron chi connectivity index (χ2n) is 6.01. The minimum Gasteiger partial charge on any atom is -0.374 e. The summed E-state index contributed by atoms with van der Waals surface area (Å²) >= 11 is 0. The average Bonchev–Trinajstić information content (AvgIpc) is 2.59. The molecule has 0 N–H and O–H groups in total. The second-order valence-corrected chi connectivity index (χ2v) is 6.01. The van der Waals surface area contributed by atoms with Crippen LogP contribution >= 0.6 is 0 Å². The van der Waals surface area contributed by atoms with E-state index in [1.807, 2.05) is 4.90 Å². The molecule has 2 atom stereocenters. The van der Waals surface area contributed by atoms with Gasteiger partial charge in [0.2, 0.25) is 5.91 Å². The number of carbonyl (C=O) groups excluding carboxylic acids is 2. The fraction of sp³-hybridized carbons (Fsp3) is 0.588. The van der Waals surface area contributed by atoms with Crippen LogP contribution < -0.4 is 0 Å². The smallest absolute Gasteiger partial charge is 0.223 e. The van der Waals surface area contributed by atoms with Gasteiger partial charge in [-0.25, -0.2) is 0 Å². The number of pyridine rings is 1. The van der Waals surface area contributed by atoms with Crippen LogP contribution in [0.4, 0.5) is 0 Å². The van der Waals surface area contributed by atoms with Crippen LogP contribution in [0.1, 0.15) is 48.9 Å². The Morgan fingerprint density at radius 2 is 2.14 bits per heavy atom. The molecule has 1 amide bonds. The van der Waals surface area contributed by atoms with Gasteiger partial charge in [0.1, 0.15) is 0 Å². The lowest BCUT2D eigenvalue weighted by Gasteiger charge is -2.43. The molecule has 1 aliphatic heterocycles. The van der Waals surface area contributed by atoms with Gasteiger partial charge in [-0.3, -0.25) is 14.6 Å². The van der Waals surface area contributed by atoms with E-state index in [1.54, 1.807) is 24.5 Å². The van der Waals surface area contributed by atoms with E-state index < -0.39 is 0 Å². The summed E-state index contributed by atoms with van der Waals surface area (Å²) in [6.07, 6.45) is 8.32. The van der Waals surface area contributed by atoms with Gasteiger partial charge in [0.05, 0.1) is 18.8 Å². The van der Waals surface area contributed by atoms with Crippen molar-refractivity contribution in [1.82, 2.24) is 9.88 Å². The molecule has 2 unspecified atom stereocenters. The van der Waals surface area contributed by atoms with E-state index in [0.717, 1.165) is 19.3 Å². The van der Waals surface area contributed by atoms with Gasteiger partial charge in [-0.05, 0) is 25.0 Å². The van der Waals surface area contributed by atoms with Gasteiger partial charge in [0.25, 0.3) is 0 Å². The van der Waals surface area contributed by atoms with E-state index in [2.05, 4.69) is 4.98 Å². The van der Waals surface area contributed by atoms with E-state index in [0.29, 0.717) is 18.7 Å². The zero-order valence-electron chi connectivity index (χ0n) is 12.7. The summed E-state index contributed by atoms with van der Waals surface area (Å²) in [5, 5.41) is 0. The molecule has 118 valence electrons. The van der Waals surface area contributed by atoms with E-state index in [4.69, 9.17) is 4.74 Å². The van der Waals surface area contributed by atoms with Crippen molar-refractivity contribution in [2.45, 2.75) is 50.7 Å². The van der Waals surface area contributed by atoms with E-state index in [9.17, 15) is 9.59 Å². The maximum Gasteiger partial charge on any atom is 0.223 e. The molecule has 1 aromatic rings. The van der Waals surface area contributed by atoms with Crippen LogP contribution in [-0.2, 0) is 9.53 Å². The normalized spacial score (nSPS) is 24.6. The fourth-order valence-corrected chi connectivity index (χ4v) is 3.44. The number of hydrogen-bond acceptors (Lipinski definition) is 4. The van der Waals surface area contributed by atoms with Crippen molar-refractivity contribution >= 4 is 11.7 Å². The summed E-state index contributed by atoms with van der Waals surface area (Å²) in [4.78, 5) is 30.5. The van der Waals surface area contributed by atoms with Gasteiger partial charge >= 0.3 is 0 Å². The third-order valence-corrected chi connectivity index (χ3v) is 4.60. The quantitative estimate of drug-likeness (QED) is 0.800. The highest BCUT2D eigenvalue weighted by Gasteiger charge is 2.36. The van der Waals surface area contributed by atoms with Crippen molar-refractivity contribution in [3.63, 3.8) is 0 Å². The fourth-order valence-electron chi connectivity index (χ4n) is 3.44. The molecule has 2 aliphatic rings. The Morgan fingerprint density at radius 1 is 1.27 bits per heavy atom. The number of amides is 1. The highest BCUT2D eigenvalue weighted by Crippen LogP contribution is 2.29. The van der Waals surface area contributed by atoms with Crippen molar-refractivity contribution in [3.05, 3.63) is 30.1 Å². The number of hydrogen-bond donors (Lipinski definition) is 0. The number of ketones is 1. The van der Waals surface area contributed by atoms with Crippen LogP contribution in [0, 0.1) is 0 Å². The van der Waals surface area contributed by atoms with E-state index in [-0.39, 0.29) is 36.7 Å². The van der Waals surface area contributed by atoms with Crippen LogP contribution in [-0.4, -0.2) is 46.9 Å². The largest absolute Gasteiger partial charge is 0.374 e. The SMILES string of the molecule is O=C(CCC(=O)N1CCOC2CCCCC21)c1cccnc1. The molecule has 3 rings (SSSR count). The Balaban J connectivity index is 1.56. The molecule has 5 heteroatoms. The topological polar surface area (TPSA) is 59.5 Å². The van der Waals surface area contributed by atoms with Crippen LogP contribution in [0.25, 0.3) is 0 Å². The number of carbonyl (C=O) groups is 2. The van der Waals surface area contributed by atoms with Gasteiger partial charge < -0.3 is 9.64 Å². The summed E-state index contributed by atoms with van der Waals surface area (Å²) in [6, 6.07) is 3.69. The molecule has 0 radical (unpaired) electrons. The molecular formula is C17H22N2O3. The number of ether oxygens (including phenoxy) is 1. The van der Waals surface area contributed by atoms with Crippen LogP contribution in [0.5, 0.6) is 0 Å². The van der Waals surface area contributed by atoms with Gasteiger partial charge in [0.15, 0.2) is 5.78 Å². The number of rotatable bonds is 4. The number of Topliss-reactive ketones (excluding diaryl/α,β-unsaturated/α-hetero) is 1. The second kappa shape index (κ2) is 7.01. The molecule has 0 aromatic carbocycles. The molecule has 1 aromatic heterocycles. The summed E-state index contributed by atoms with van der Waals surface area (Å²) < 4.78 is 5.79. The first-order valence-electron chi connectivity index (χ1n) is 8.10. The predicted molar refractivity (Wildman–Crippen MR) is 81.5 cm³/mol. The minimum absolute atomic E-state index is 0.0186. The Labute approximate surface area is 130 Å². The molecule has 0 bridgehead atoms. The first-order chi connectivity index (χ1) is 10.8. The molecule has 1 saturated carbocycles. The molecule has 1 aliphatic carbocycles. The van der Waals surface area contributed by atoms with Crippen molar-refractivity contribution in [3.8, 4) is 0 Å². The van der Waals surface area contributed by atoms with Gasteiger partial charge in [0, 0.05) is 37.3 Å². The number of nitrogens with zero attached hydrogens (tertiary/aromatic N) is 2. The summed E-state index contributed by atoms with van der Waals surface area (Å²) in [6.45, 7) is 1.27. The first-order valence-corrected chi connectivity index (χ1v) is 8.10. The first kappa shape index (κ1) is 15.2. The average molecular weight is 302 g/mol. The highest BCUT2D eigenvalue weighted by molar-refractivity contribution is 5.97. The molecule has 2 heterocycles. The summed E-state index contributed by atoms with van der Waals surface area (Å²) in [5.74, 6) is 0.0624. The summed E-state index contributed by atoms with van der Waals surface area (Å²) in [5.41, 5.74) is 0.577. The number of fused-ring (bicyclic) bond motifs is 1. The van der Waals surface area contributed by atoms with E-state index in [1.165, 1.54) is 6.42 Å². The Hall–Kier alpha value is -1.75. The van der Waals surface area contributed by atoms with Gasteiger partial charge in [-0.1, -0.05) is 12.8 Å². The highest BCUT2D eigenvalue weighted by atomic mass is 16.5. The van der Waals surface area contributed by atoms with Crippen LogP contribution in [0.2, 0.25) is 0 Å². The van der Waals surface area contributed by atoms with Crippen molar-refractivity contribution in [2.24, 2.45) is 0 Å². The molecule has 22 heavy (non-hydrogen) atoms. The molecule has 0 spiro atoms. The lowest BCUT2D eigenvalue weighted by atomic mass is 9.90. The minimum atomic E-state index is -0.0186. The van der Waals surface area contributed by atoms with E-state index >= 15 is 0 Å². The lowest BCUT2D eigenvalue weighted by Crippen LogP contribution is -2.54. The monoisotopic (exact) mass is 302 g/mol. The zero-order valence-corrected chi connectivity index (χ0v) is 12.7. The third-order valence-electron chi connectivity index (χ3n) is 4.60. The molecule has 1 saturated heterocycles. The Morgan fingerprint density at radius 3 is 2.95 bits per heavy atom. The number of aromatic nitrogens is 1. The molecule has 5 nitrogen and oxygen atoms in total. The third kappa shape index (κ3) is 3.35.